The Morgan fingerprint density at radius 2 is 2.00 bits per heavy atom. The number of anilines is 1. The minimum atomic E-state index is -0.571. The van der Waals surface area contributed by atoms with Crippen molar-refractivity contribution in [1.82, 2.24) is 14.3 Å². The van der Waals surface area contributed by atoms with E-state index in [1.165, 1.54) is 15.6 Å². The molecule has 0 fully saturated rings. The van der Waals surface area contributed by atoms with Gasteiger partial charge in [-0.1, -0.05) is 0 Å². The van der Waals surface area contributed by atoms with Gasteiger partial charge in [0.2, 0.25) is 5.91 Å². The average Bonchev–Trinajstić information content (AvgIpc) is 2.71. The van der Waals surface area contributed by atoms with E-state index < -0.39 is 6.04 Å². The molecule has 7 nitrogen and oxygen atoms in total. The summed E-state index contributed by atoms with van der Waals surface area (Å²) in [4.78, 5) is 23.1. The highest BCUT2D eigenvalue weighted by Gasteiger charge is 2.08. The van der Waals surface area contributed by atoms with Crippen LogP contribution in [0.1, 0.15) is 6.92 Å². The molecule has 0 saturated heterocycles. The molecule has 2 aromatic rings. The number of amides is 1. The molecule has 7 heteroatoms. The number of nitrogens with two attached hydrogens (primary N) is 1. The molecule has 0 aliphatic heterocycles. The van der Waals surface area contributed by atoms with Crippen LogP contribution in [-0.2, 0) is 11.8 Å². The first-order valence-corrected chi connectivity index (χ1v) is 5.76. The van der Waals surface area contributed by atoms with E-state index in [-0.39, 0.29) is 11.6 Å². The quantitative estimate of drug-likeness (QED) is 0.803. The highest BCUT2D eigenvalue weighted by atomic mass is 16.2. The molecule has 1 amide bonds. The fourth-order valence-electron chi connectivity index (χ4n) is 1.50. The van der Waals surface area contributed by atoms with E-state index in [9.17, 15) is 9.59 Å². The normalized spacial score (nSPS) is 12.2. The van der Waals surface area contributed by atoms with Gasteiger partial charge in [0, 0.05) is 12.7 Å². The van der Waals surface area contributed by atoms with Gasteiger partial charge >= 0.3 is 5.69 Å². The molecular weight excluding hydrogens is 246 g/mol. The lowest BCUT2D eigenvalue weighted by molar-refractivity contribution is -0.117. The number of benzene rings is 1. The van der Waals surface area contributed by atoms with Gasteiger partial charge in [0.15, 0.2) is 0 Å². The van der Waals surface area contributed by atoms with Crippen molar-refractivity contribution in [1.29, 1.82) is 0 Å². The Kier molecular flexibility index (Phi) is 3.48. The summed E-state index contributed by atoms with van der Waals surface area (Å²) in [5.74, 6) is -0.261. The fraction of sp³-hybridized carbons (Fsp3) is 0.250. The third-order valence-electron chi connectivity index (χ3n) is 2.62. The van der Waals surface area contributed by atoms with Crippen molar-refractivity contribution in [3.63, 3.8) is 0 Å². The second-order valence-corrected chi connectivity index (χ2v) is 4.26. The molecule has 19 heavy (non-hydrogen) atoms. The molecule has 0 aliphatic rings. The van der Waals surface area contributed by atoms with Crippen LogP contribution < -0.4 is 16.7 Å². The summed E-state index contributed by atoms with van der Waals surface area (Å²) in [5, 5.41) is 6.63. The Balaban J connectivity index is 2.22. The van der Waals surface area contributed by atoms with E-state index in [0.717, 1.165) is 0 Å². The number of aromatic nitrogens is 3. The van der Waals surface area contributed by atoms with Crippen LogP contribution in [0, 0.1) is 0 Å². The molecule has 0 spiro atoms. The summed E-state index contributed by atoms with van der Waals surface area (Å²) >= 11 is 0. The lowest BCUT2D eigenvalue weighted by atomic mass is 10.2. The lowest BCUT2D eigenvalue weighted by Gasteiger charge is -2.08. The van der Waals surface area contributed by atoms with Crippen molar-refractivity contribution >= 4 is 11.6 Å². The van der Waals surface area contributed by atoms with E-state index >= 15 is 0 Å². The van der Waals surface area contributed by atoms with E-state index in [4.69, 9.17) is 5.73 Å². The van der Waals surface area contributed by atoms with Gasteiger partial charge in [0.1, 0.15) is 6.33 Å². The largest absolute Gasteiger partial charge is 0.350 e. The maximum Gasteiger partial charge on any atom is 0.350 e. The van der Waals surface area contributed by atoms with Crippen LogP contribution in [0.4, 0.5) is 5.69 Å². The van der Waals surface area contributed by atoms with Crippen LogP contribution in [0.15, 0.2) is 35.4 Å². The van der Waals surface area contributed by atoms with Gasteiger partial charge in [-0.2, -0.15) is 9.78 Å². The molecule has 3 N–H and O–H groups in total. The van der Waals surface area contributed by atoms with Crippen LogP contribution in [0.2, 0.25) is 0 Å². The summed E-state index contributed by atoms with van der Waals surface area (Å²) < 4.78 is 2.66. The van der Waals surface area contributed by atoms with Gasteiger partial charge in [-0.3, -0.25) is 9.36 Å². The highest BCUT2D eigenvalue weighted by molar-refractivity contribution is 5.94. The molecule has 0 saturated carbocycles. The molecule has 0 radical (unpaired) electrons. The van der Waals surface area contributed by atoms with Crippen molar-refractivity contribution in [3.05, 3.63) is 41.1 Å². The third-order valence-corrected chi connectivity index (χ3v) is 2.62. The zero-order chi connectivity index (χ0) is 14.0. The first-order valence-electron chi connectivity index (χ1n) is 5.76. The number of nitrogens with zero attached hydrogens (tertiary/aromatic N) is 3. The minimum absolute atomic E-state index is 0.229. The van der Waals surface area contributed by atoms with Crippen molar-refractivity contribution < 1.29 is 4.79 Å². The molecule has 0 aliphatic carbocycles. The number of aryl methyl sites for hydroxylation is 1. The van der Waals surface area contributed by atoms with Crippen molar-refractivity contribution in [3.8, 4) is 5.69 Å². The van der Waals surface area contributed by atoms with Gasteiger partial charge in [-0.15, -0.1) is 0 Å². The predicted octanol–water partition coefficient (Wildman–Crippen LogP) is -0.143. The monoisotopic (exact) mass is 261 g/mol. The van der Waals surface area contributed by atoms with Gasteiger partial charge in [0.05, 0.1) is 11.7 Å². The molecule has 1 aromatic heterocycles. The number of carbonyl (C=O) groups excluding carboxylic acids is 1. The first-order chi connectivity index (χ1) is 8.99. The SMILES string of the molecule is CC(N)C(=O)Nc1ccc(-n2ncn(C)c2=O)cc1. The Hall–Kier alpha value is -2.41. The number of nitrogens with one attached hydrogen (secondary N) is 1. The molecule has 2 rings (SSSR count). The van der Waals surface area contributed by atoms with Gasteiger partial charge < -0.3 is 11.1 Å². The van der Waals surface area contributed by atoms with Gasteiger partial charge in [-0.25, -0.2) is 4.79 Å². The summed E-state index contributed by atoms with van der Waals surface area (Å²) in [6.07, 6.45) is 1.44. The summed E-state index contributed by atoms with van der Waals surface area (Å²) in [6.45, 7) is 1.61. The summed E-state index contributed by atoms with van der Waals surface area (Å²) in [5.41, 5.74) is 6.48. The smallest absolute Gasteiger partial charge is 0.325 e. The van der Waals surface area contributed by atoms with Gasteiger partial charge in [-0.05, 0) is 31.2 Å². The number of hydrogen-bond acceptors (Lipinski definition) is 4. The molecule has 0 bridgehead atoms. The van der Waals surface area contributed by atoms with Crippen molar-refractivity contribution in [2.24, 2.45) is 12.8 Å². The van der Waals surface area contributed by atoms with Crippen LogP contribution in [0.5, 0.6) is 0 Å². The van der Waals surface area contributed by atoms with Crippen LogP contribution in [-0.4, -0.2) is 26.3 Å². The molecule has 1 heterocycles. The zero-order valence-corrected chi connectivity index (χ0v) is 10.7. The minimum Gasteiger partial charge on any atom is -0.325 e. The van der Waals surface area contributed by atoms with Gasteiger partial charge in [0.25, 0.3) is 0 Å². The van der Waals surface area contributed by atoms with E-state index in [0.29, 0.717) is 11.4 Å². The third kappa shape index (κ3) is 2.71. The lowest BCUT2D eigenvalue weighted by Crippen LogP contribution is -2.32. The first kappa shape index (κ1) is 13.0. The Morgan fingerprint density at radius 3 is 2.47 bits per heavy atom. The Labute approximate surface area is 109 Å². The predicted molar refractivity (Wildman–Crippen MR) is 71.1 cm³/mol. The Bertz CT molecular complexity index is 639. The summed E-state index contributed by atoms with van der Waals surface area (Å²) in [7, 11) is 1.63. The zero-order valence-electron chi connectivity index (χ0n) is 10.7. The number of carbonyl (C=O) groups is 1. The van der Waals surface area contributed by atoms with E-state index in [1.807, 2.05) is 0 Å². The Morgan fingerprint density at radius 1 is 1.37 bits per heavy atom. The second-order valence-electron chi connectivity index (χ2n) is 4.26. The van der Waals surface area contributed by atoms with E-state index in [2.05, 4.69) is 10.4 Å². The van der Waals surface area contributed by atoms with Crippen LogP contribution in [0.25, 0.3) is 5.69 Å². The van der Waals surface area contributed by atoms with Crippen molar-refractivity contribution in [2.45, 2.75) is 13.0 Å². The van der Waals surface area contributed by atoms with Crippen LogP contribution >= 0.6 is 0 Å². The fourth-order valence-corrected chi connectivity index (χ4v) is 1.50. The topological polar surface area (TPSA) is 94.9 Å². The van der Waals surface area contributed by atoms with Crippen molar-refractivity contribution in [2.75, 3.05) is 5.32 Å². The van der Waals surface area contributed by atoms with Crippen LogP contribution in [0.3, 0.4) is 0 Å². The number of hydrogen-bond donors (Lipinski definition) is 2. The van der Waals surface area contributed by atoms with E-state index in [1.54, 1.807) is 38.2 Å². The maximum absolute atomic E-state index is 11.7. The highest BCUT2D eigenvalue weighted by Crippen LogP contribution is 2.11. The standard InChI is InChI=1S/C12H15N5O2/c1-8(13)11(18)15-9-3-5-10(6-4-9)17-12(19)16(2)7-14-17/h3-8H,13H2,1-2H3,(H,15,18). The maximum atomic E-state index is 11.7. The number of rotatable bonds is 3. The second kappa shape index (κ2) is 5.07. The summed E-state index contributed by atoms with van der Waals surface area (Å²) in [6, 6.07) is 6.21. The molecule has 100 valence electrons. The molecular formula is C12H15N5O2. The molecule has 1 atom stereocenters. The molecule has 1 unspecified atom stereocenters. The molecule has 1 aromatic carbocycles. The average molecular weight is 261 g/mol.